The Bertz CT molecular complexity index is 1120. The van der Waals surface area contributed by atoms with Gasteiger partial charge in [0.05, 0.1) is 11.1 Å². The topological polar surface area (TPSA) is 63.1 Å². The highest BCUT2D eigenvalue weighted by Crippen LogP contribution is 2.31. The molecule has 0 aliphatic carbocycles. The molecule has 0 aliphatic heterocycles. The molecule has 0 unspecified atom stereocenters. The lowest BCUT2D eigenvalue weighted by Crippen LogP contribution is -2.11. The molecule has 4 rings (SSSR count). The molecule has 0 aromatic carbocycles. The van der Waals surface area contributed by atoms with Gasteiger partial charge in [-0.2, -0.15) is 0 Å². The van der Waals surface area contributed by atoms with E-state index in [0.717, 1.165) is 40.0 Å². The van der Waals surface area contributed by atoms with E-state index >= 15 is 0 Å². The first kappa shape index (κ1) is 18.3. The van der Waals surface area contributed by atoms with Crippen molar-refractivity contribution in [2.24, 2.45) is 5.92 Å². The Balaban J connectivity index is 1.60. The van der Waals surface area contributed by atoms with Gasteiger partial charge < -0.3 is 9.38 Å². The van der Waals surface area contributed by atoms with Crippen LogP contribution in [0.15, 0.2) is 40.5 Å². The van der Waals surface area contributed by atoms with Crippen molar-refractivity contribution in [3.05, 3.63) is 57.1 Å². The Kier molecular flexibility index (Phi) is 5.06. The molecule has 0 fully saturated rings. The highest BCUT2D eigenvalue weighted by molar-refractivity contribution is 7.98. The zero-order valence-corrected chi connectivity index (χ0v) is 17.3. The van der Waals surface area contributed by atoms with Gasteiger partial charge in [-0.05, 0) is 37.0 Å². The summed E-state index contributed by atoms with van der Waals surface area (Å²) < 4.78 is 2.00. The Hall–Kier alpha value is -2.12. The maximum atomic E-state index is 12.7. The third-order valence-electron chi connectivity index (χ3n) is 4.86. The molecule has 4 aromatic rings. The van der Waals surface area contributed by atoms with Gasteiger partial charge in [-0.25, -0.2) is 9.97 Å². The van der Waals surface area contributed by atoms with Crippen LogP contribution in [0.2, 0.25) is 0 Å². The second kappa shape index (κ2) is 7.48. The molecule has 4 heterocycles. The summed E-state index contributed by atoms with van der Waals surface area (Å²) in [6, 6.07) is 5.94. The maximum absolute atomic E-state index is 12.7. The summed E-state index contributed by atoms with van der Waals surface area (Å²) in [6.45, 7) is 6.50. The molecule has 0 saturated carbocycles. The van der Waals surface area contributed by atoms with E-state index in [1.807, 2.05) is 35.0 Å². The van der Waals surface area contributed by atoms with Crippen LogP contribution in [0, 0.1) is 12.8 Å². The number of nitrogens with zero attached hydrogens (tertiary/aromatic N) is 3. The van der Waals surface area contributed by atoms with Crippen LogP contribution in [0.1, 0.15) is 36.4 Å². The normalized spacial score (nSPS) is 12.9. The summed E-state index contributed by atoms with van der Waals surface area (Å²) in [5.41, 5.74) is 3.03. The van der Waals surface area contributed by atoms with E-state index in [1.54, 1.807) is 11.3 Å². The molecule has 0 amide bonds. The lowest BCUT2D eigenvalue weighted by molar-refractivity contribution is 0.561. The molecule has 0 saturated heterocycles. The smallest absolute Gasteiger partial charge is 0.260 e. The summed E-state index contributed by atoms with van der Waals surface area (Å²) in [4.78, 5) is 27.0. The number of fused-ring (bicyclic) bond motifs is 2. The molecule has 1 N–H and O–H groups in total. The largest absolute Gasteiger partial charge is 0.307 e. The average molecular weight is 399 g/mol. The van der Waals surface area contributed by atoms with E-state index in [-0.39, 0.29) is 5.56 Å². The van der Waals surface area contributed by atoms with Crippen LogP contribution >= 0.6 is 23.1 Å². The first-order valence-corrected chi connectivity index (χ1v) is 10.9. The van der Waals surface area contributed by atoms with E-state index in [9.17, 15) is 4.79 Å². The van der Waals surface area contributed by atoms with E-state index < -0.39 is 0 Å². The summed E-state index contributed by atoms with van der Waals surface area (Å²) in [5, 5.41) is 1.43. The number of aryl methyl sites for hydroxylation is 1. The second-order valence-corrected chi connectivity index (χ2v) is 9.06. The first-order valence-electron chi connectivity index (χ1n) is 9.13. The fraction of sp³-hybridized carbons (Fsp3) is 0.350. The Morgan fingerprint density at radius 2 is 2.19 bits per heavy atom. The lowest BCUT2D eigenvalue weighted by atomic mass is 9.98. The minimum absolute atomic E-state index is 0.0276. The van der Waals surface area contributed by atoms with Gasteiger partial charge in [-0.15, -0.1) is 11.3 Å². The Morgan fingerprint density at radius 1 is 1.33 bits per heavy atom. The Labute approximate surface area is 165 Å². The molecule has 27 heavy (non-hydrogen) atoms. The quantitative estimate of drug-likeness (QED) is 0.373. The number of thioether (sulfide) groups is 1. The van der Waals surface area contributed by atoms with Crippen molar-refractivity contribution in [2.45, 2.75) is 44.5 Å². The molecule has 7 heteroatoms. The molecule has 0 aliphatic rings. The number of hydrogen-bond acceptors (Lipinski definition) is 5. The summed E-state index contributed by atoms with van der Waals surface area (Å²) in [7, 11) is 0. The van der Waals surface area contributed by atoms with Crippen molar-refractivity contribution in [1.82, 2.24) is 19.4 Å². The number of aromatic nitrogens is 4. The van der Waals surface area contributed by atoms with Gasteiger partial charge in [0, 0.05) is 23.0 Å². The summed E-state index contributed by atoms with van der Waals surface area (Å²) in [5.74, 6) is 1.23. The predicted molar refractivity (Wildman–Crippen MR) is 113 cm³/mol. The number of pyridine rings is 1. The first-order chi connectivity index (χ1) is 13.0. The van der Waals surface area contributed by atoms with Crippen molar-refractivity contribution >= 4 is 39.0 Å². The van der Waals surface area contributed by atoms with Gasteiger partial charge in [0.15, 0.2) is 5.16 Å². The van der Waals surface area contributed by atoms with Crippen molar-refractivity contribution in [2.75, 3.05) is 0 Å². The van der Waals surface area contributed by atoms with Gasteiger partial charge in [0.2, 0.25) is 0 Å². The van der Waals surface area contributed by atoms with Gasteiger partial charge in [-0.3, -0.25) is 4.79 Å². The molecule has 0 bridgehead atoms. The monoisotopic (exact) mass is 398 g/mol. The standard InChI is InChI=1S/C20H22N4OS2/c1-4-12(2)9-15-13(3)27-19-17(15)18(25)22-20(23-19)26-11-14-10-24-8-6-5-7-16(24)21-14/h5-8,10,12H,4,9,11H2,1-3H3,(H,22,23,25)/t12-/m0/s1. The summed E-state index contributed by atoms with van der Waals surface area (Å²) >= 11 is 3.14. The van der Waals surface area contributed by atoms with Gasteiger partial charge in [-0.1, -0.05) is 38.1 Å². The van der Waals surface area contributed by atoms with Crippen LogP contribution in [-0.4, -0.2) is 19.4 Å². The minimum Gasteiger partial charge on any atom is -0.307 e. The number of hydrogen-bond donors (Lipinski definition) is 1. The van der Waals surface area contributed by atoms with E-state index in [4.69, 9.17) is 4.98 Å². The number of imidazole rings is 1. The number of aromatic amines is 1. The molecule has 4 aromatic heterocycles. The van der Waals surface area contributed by atoms with Crippen molar-refractivity contribution in [3.8, 4) is 0 Å². The van der Waals surface area contributed by atoms with Crippen molar-refractivity contribution < 1.29 is 0 Å². The zero-order chi connectivity index (χ0) is 19.0. The van der Waals surface area contributed by atoms with Crippen LogP contribution < -0.4 is 5.56 Å². The van der Waals surface area contributed by atoms with Crippen molar-refractivity contribution in [3.63, 3.8) is 0 Å². The number of nitrogens with one attached hydrogen (secondary N) is 1. The van der Waals surface area contributed by atoms with Gasteiger partial charge in [0.25, 0.3) is 5.56 Å². The van der Waals surface area contributed by atoms with Crippen LogP contribution in [0.25, 0.3) is 15.9 Å². The SMILES string of the molecule is CC[C@H](C)Cc1c(C)sc2nc(SCc3cn4ccccc4n3)[nH]c(=O)c12. The number of rotatable bonds is 6. The third-order valence-corrected chi connectivity index (χ3v) is 6.81. The highest BCUT2D eigenvalue weighted by Gasteiger charge is 2.17. The zero-order valence-electron chi connectivity index (χ0n) is 15.7. The maximum Gasteiger partial charge on any atom is 0.260 e. The van der Waals surface area contributed by atoms with E-state index in [1.165, 1.54) is 16.6 Å². The molecule has 0 radical (unpaired) electrons. The van der Waals surface area contributed by atoms with E-state index in [0.29, 0.717) is 16.8 Å². The summed E-state index contributed by atoms with van der Waals surface area (Å²) in [6.07, 6.45) is 6.03. The van der Waals surface area contributed by atoms with E-state index in [2.05, 4.69) is 30.7 Å². The minimum atomic E-state index is -0.0276. The predicted octanol–water partition coefficient (Wildman–Crippen LogP) is 4.82. The van der Waals surface area contributed by atoms with Crippen LogP contribution in [0.5, 0.6) is 0 Å². The molecule has 0 spiro atoms. The van der Waals surface area contributed by atoms with Crippen LogP contribution in [0.3, 0.4) is 0 Å². The van der Waals surface area contributed by atoms with Gasteiger partial charge in [0.1, 0.15) is 10.5 Å². The molecule has 1 atom stereocenters. The second-order valence-electron chi connectivity index (χ2n) is 6.89. The lowest BCUT2D eigenvalue weighted by Gasteiger charge is -2.08. The average Bonchev–Trinajstić information content (AvgIpc) is 3.20. The van der Waals surface area contributed by atoms with Crippen LogP contribution in [0.4, 0.5) is 0 Å². The van der Waals surface area contributed by atoms with Crippen molar-refractivity contribution in [1.29, 1.82) is 0 Å². The fourth-order valence-corrected chi connectivity index (χ4v) is 5.02. The van der Waals surface area contributed by atoms with Gasteiger partial charge >= 0.3 is 0 Å². The molecule has 140 valence electrons. The molecule has 5 nitrogen and oxygen atoms in total. The molecular weight excluding hydrogens is 376 g/mol. The van der Waals surface area contributed by atoms with Crippen LogP contribution in [-0.2, 0) is 12.2 Å². The third kappa shape index (κ3) is 3.66. The highest BCUT2D eigenvalue weighted by atomic mass is 32.2. The number of thiophene rings is 1. The Morgan fingerprint density at radius 3 is 2.96 bits per heavy atom. The molecular formula is C20H22N4OS2. The fourth-order valence-electron chi connectivity index (χ4n) is 3.16. The number of H-pyrrole nitrogens is 1.